The van der Waals surface area contributed by atoms with E-state index in [2.05, 4.69) is 12.1 Å². The Labute approximate surface area is 142 Å². The van der Waals surface area contributed by atoms with Crippen LogP contribution in [0.1, 0.15) is 35.2 Å². The fraction of sp³-hybridized carbons (Fsp3) is 0.300. The number of carbonyl (C=O) groups is 1. The molecule has 0 aromatic heterocycles. The van der Waals surface area contributed by atoms with E-state index in [1.54, 1.807) is 12.1 Å². The molecule has 0 radical (unpaired) electrons. The highest BCUT2D eigenvalue weighted by Crippen LogP contribution is 2.28. The van der Waals surface area contributed by atoms with Crippen molar-refractivity contribution in [2.45, 2.75) is 25.7 Å². The molecule has 0 atom stereocenters. The van der Waals surface area contributed by atoms with Crippen molar-refractivity contribution in [3.8, 4) is 11.8 Å². The van der Waals surface area contributed by atoms with Gasteiger partial charge in [0.05, 0.1) is 12.7 Å². The van der Waals surface area contributed by atoms with Crippen molar-refractivity contribution < 1.29 is 9.53 Å². The molecule has 4 nitrogen and oxygen atoms in total. The fourth-order valence-electron chi connectivity index (χ4n) is 2.94. The Bertz CT molecular complexity index is 747. The van der Waals surface area contributed by atoms with E-state index in [0.717, 1.165) is 30.8 Å². The van der Waals surface area contributed by atoms with Crippen LogP contribution in [-0.2, 0) is 6.42 Å². The number of para-hydroxylation sites is 1. The molecule has 1 amide bonds. The Morgan fingerprint density at radius 3 is 2.75 bits per heavy atom. The SMILES string of the molecule is N#CCCCOc1ccc(C(=O)N2CCCc3ccccc32)cc1. The second-order valence-electron chi connectivity index (χ2n) is 5.82. The maximum absolute atomic E-state index is 12.8. The molecular weight excluding hydrogens is 300 g/mol. The minimum absolute atomic E-state index is 0.0261. The van der Waals surface area contributed by atoms with Crippen LogP contribution >= 0.6 is 0 Å². The molecule has 1 aliphatic rings. The van der Waals surface area contributed by atoms with E-state index in [0.29, 0.717) is 25.0 Å². The van der Waals surface area contributed by atoms with Crippen LogP contribution in [0, 0.1) is 11.3 Å². The number of nitrogens with zero attached hydrogens (tertiary/aromatic N) is 2. The van der Waals surface area contributed by atoms with Crippen molar-refractivity contribution >= 4 is 11.6 Å². The average Bonchev–Trinajstić information content (AvgIpc) is 2.65. The van der Waals surface area contributed by atoms with E-state index in [-0.39, 0.29) is 5.91 Å². The summed E-state index contributed by atoms with van der Waals surface area (Å²) in [4.78, 5) is 14.7. The zero-order valence-electron chi connectivity index (χ0n) is 13.6. The number of hydrogen-bond donors (Lipinski definition) is 0. The molecule has 0 fully saturated rings. The van der Waals surface area contributed by atoms with Gasteiger partial charge in [0.2, 0.25) is 0 Å². The van der Waals surface area contributed by atoms with Crippen molar-refractivity contribution in [1.29, 1.82) is 5.26 Å². The van der Waals surface area contributed by atoms with Crippen LogP contribution in [0.3, 0.4) is 0 Å². The highest BCUT2D eigenvalue weighted by Gasteiger charge is 2.23. The van der Waals surface area contributed by atoms with Crippen LogP contribution in [0.15, 0.2) is 48.5 Å². The Kier molecular flexibility index (Phi) is 5.12. The Balaban J connectivity index is 1.69. The highest BCUT2D eigenvalue weighted by molar-refractivity contribution is 6.06. The van der Waals surface area contributed by atoms with Crippen LogP contribution in [0.25, 0.3) is 0 Å². The summed E-state index contributed by atoms with van der Waals surface area (Å²) in [5, 5.41) is 8.51. The van der Waals surface area contributed by atoms with Crippen molar-refractivity contribution in [2.75, 3.05) is 18.1 Å². The number of benzene rings is 2. The van der Waals surface area contributed by atoms with E-state index in [1.807, 2.05) is 35.2 Å². The van der Waals surface area contributed by atoms with Gasteiger partial charge in [0.15, 0.2) is 0 Å². The molecule has 0 saturated carbocycles. The Morgan fingerprint density at radius 2 is 1.96 bits per heavy atom. The third-order valence-electron chi connectivity index (χ3n) is 4.16. The smallest absolute Gasteiger partial charge is 0.258 e. The van der Waals surface area contributed by atoms with Gasteiger partial charge in [-0.15, -0.1) is 0 Å². The van der Waals surface area contributed by atoms with Gasteiger partial charge in [-0.1, -0.05) is 18.2 Å². The molecule has 0 aliphatic carbocycles. The standard InChI is InChI=1S/C20H20N2O2/c21-13-3-4-15-24-18-11-9-17(10-12-18)20(23)22-14-5-7-16-6-1-2-8-19(16)22/h1-2,6,8-12H,3-5,7,14-15H2. The minimum atomic E-state index is 0.0261. The summed E-state index contributed by atoms with van der Waals surface area (Å²) < 4.78 is 5.57. The number of ether oxygens (including phenoxy) is 1. The first-order valence-electron chi connectivity index (χ1n) is 8.29. The number of rotatable bonds is 5. The van der Waals surface area contributed by atoms with Crippen LogP contribution in [0.2, 0.25) is 0 Å². The van der Waals surface area contributed by atoms with Crippen molar-refractivity contribution in [3.05, 3.63) is 59.7 Å². The van der Waals surface area contributed by atoms with E-state index in [1.165, 1.54) is 5.56 Å². The van der Waals surface area contributed by atoms with Gasteiger partial charge in [0, 0.05) is 24.2 Å². The van der Waals surface area contributed by atoms with Gasteiger partial charge in [-0.2, -0.15) is 5.26 Å². The van der Waals surface area contributed by atoms with Crippen molar-refractivity contribution in [3.63, 3.8) is 0 Å². The lowest BCUT2D eigenvalue weighted by atomic mass is 10.0. The molecule has 0 saturated heterocycles. The number of nitriles is 1. The fourth-order valence-corrected chi connectivity index (χ4v) is 2.94. The zero-order valence-corrected chi connectivity index (χ0v) is 13.6. The van der Waals surface area contributed by atoms with Gasteiger partial charge in [-0.05, 0) is 55.2 Å². The van der Waals surface area contributed by atoms with E-state index in [4.69, 9.17) is 10.00 Å². The summed E-state index contributed by atoms with van der Waals surface area (Å²) in [5.74, 6) is 0.752. The van der Waals surface area contributed by atoms with Gasteiger partial charge >= 0.3 is 0 Å². The van der Waals surface area contributed by atoms with E-state index in [9.17, 15) is 4.79 Å². The lowest BCUT2D eigenvalue weighted by Crippen LogP contribution is -2.35. The summed E-state index contributed by atoms with van der Waals surface area (Å²) in [6.07, 6.45) is 3.21. The van der Waals surface area contributed by atoms with Gasteiger partial charge < -0.3 is 9.64 Å². The highest BCUT2D eigenvalue weighted by atomic mass is 16.5. The summed E-state index contributed by atoms with van der Waals surface area (Å²) in [5.41, 5.74) is 2.91. The average molecular weight is 320 g/mol. The predicted molar refractivity (Wildman–Crippen MR) is 93.2 cm³/mol. The quantitative estimate of drug-likeness (QED) is 0.784. The van der Waals surface area contributed by atoms with Crippen LogP contribution in [-0.4, -0.2) is 19.1 Å². The second kappa shape index (κ2) is 7.65. The molecule has 4 heteroatoms. The Hall–Kier alpha value is -2.80. The number of amides is 1. The van der Waals surface area contributed by atoms with E-state index >= 15 is 0 Å². The molecule has 122 valence electrons. The van der Waals surface area contributed by atoms with Crippen molar-refractivity contribution in [1.82, 2.24) is 0 Å². The topological polar surface area (TPSA) is 53.3 Å². The lowest BCUT2D eigenvalue weighted by molar-refractivity contribution is 0.0985. The minimum Gasteiger partial charge on any atom is -0.494 e. The van der Waals surface area contributed by atoms with Crippen molar-refractivity contribution in [2.24, 2.45) is 0 Å². The second-order valence-corrected chi connectivity index (χ2v) is 5.82. The third-order valence-corrected chi connectivity index (χ3v) is 4.16. The van der Waals surface area contributed by atoms with Gasteiger partial charge in [0.1, 0.15) is 5.75 Å². The molecule has 24 heavy (non-hydrogen) atoms. The first-order valence-corrected chi connectivity index (χ1v) is 8.29. The maximum atomic E-state index is 12.8. The molecule has 3 rings (SSSR count). The molecule has 1 heterocycles. The molecule has 0 bridgehead atoms. The van der Waals surface area contributed by atoms with Gasteiger partial charge in [-0.3, -0.25) is 4.79 Å². The number of fused-ring (bicyclic) bond motifs is 1. The zero-order chi connectivity index (χ0) is 16.8. The lowest BCUT2D eigenvalue weighted by Gasteiger charge is -2.29. The molecule has 0 spiro atoms. The van der Waals surface area contributed by atoms with Crippen LogP contribution < -0.4 is 9.64 Å². The molecule has 0 unspecified atom stereocenters. The molecule has 0 N–H and O–H groups in total. The third kappa shape index (κ3) is 3.57. The van der Waals surface area contributed by atoms with Gasteiger partial charge in [0.25, 0.3) is 5.91 Å². The number of unbranched alkanes of at least 4 members (excludes halogenated alkanes) is 1. The first kappa shape index (κ1) is 16.1. The number of anilines is 1. The largest absolute Gasteiger partial charge is 0.494 e. The normalized spacial score (nSPS) is 13.0. The predicted octanol–water partition coefficient (Wildman–Crippen LogP) is 3.96. The van der Waals surface area contributed by atoms with Gasteiger partial charge in [-0.25, -0.2) is 0 Å². The molecular formula is C20H20N2O2. The molecule has 2 aromatic rings. The van der Waals surface area contributed by atoms with E-state index < -0.39 is 0 Å². The number of aryl methyl sites for hydroxylation is 1. The van der Waals surface area contributed by atoms with Crippen LogP contribution in [0.5, 0.6) is 5.75 Å². The monoisotopic (exact) mass is 320 g/mol. The summed E-state index contributed by atoms with van der Waals surface area (Å²) in [6.45, 7) is 1.27. The van der Waals surface area contributed by atoms with Crippen LogP contribution in [0.4, 0.5) is 5.69 Å². The molecule has 1 aliphatic heterocycles. The maximum Gasteiger partial charge on any atom is 0.258 e. The summed E-state index contributed by atoms with van der Waals surface area (Å²) in [7, 11) is 0. The number of hydrogen-bond acceptors (Lipinski definition) is 3. The molecule has 2 aromatic carbocycles. The number of carbonyl (C=O) groups excluding carboxylic acids is 1. The summed E-state index contributed by atoms with van der Waals surface area (Å²) >= 11 is 0. The summed E-state index contributed by atoms with van der Waals surface area (Å²) in [6, 6.07) is 17.4. The Morgan fingerprint density at radius 1 is 1.17 bits per heavy atom. The first-order chi connectivity index (χ1) is 11.8.